The Morgan fingerprint density at radius 1 is 1.29 bits per heavy atom. The minimum absolute atomic E-state index is 0.446. The summed E-state index contributed by atoms with van der Waals surface area (Å²) in [5.74, 6) is 0. The smallest absolute Gasteiger partial charge is 0.125 e. The number of hydrogen-bond acceptors (Lipinski definition) is 2. The number of benzene rings is 1. The zero-order valence-electron chi connectivity index (χ0n) is 11.8. The summed E-state index contributed by atoms with van der Waals surface area (Å²) < 4.78 is 17.0. The van der Waals surface area contributed by atoms with Gasteiger partial charge in [0.2, 0.25) is 0 Å². The molecule has 0 aliphatic rings. The van der Waals surface area contributed by atoms with Gasteiger partial charge in [0.05, 0.1) is 6.20 Å². The lowest BCUT2D eigenvalue weighted by atomic mass is 9.94. The van der Waals surface area contributed by atoms with Crippen molar-refractivity contribution in [3.63, 3.8) is 0 Å². The Kier molecular flexibility index (Phi) is 3.76. The minimum Gasteiger partial charge on any atom is -0.275 e. The Morgan fingerprint density at radius 2 is 2.10 bits per heavy atom. The zero-order valence-corrected chi connectivity index (χ0v) is 13.4. The van der Waals surface area contributed by atoms with Crippen LogP contribution < -0.4 is 0 Å². The summed E-state index contributed by atoms with van der Waals surface area (Å²) in [6.45, 7) is 1.85. The summed E-state index contributed by atoms with van der Waals surface area (Å²) >= 11 is 3.49. The average Bonchev–Trinajstić information content (AvgIpc) is 2.92. The fourth-order valence-corrected chi connectivity index (χ4v) is 2.95. The van der Waals surface area contributed by atoms with E-state index in [9.17, 15) is 4.39 Å². The Balaban J connectivity index is 2.30. The van der Waals surface area contributed by atoms with Gasteiger partial charge in [-0.25, -0.2) is 4.39 Å². The summed E-state index contributed by atoms with van der Waals surface area (Å²) in [5.41, 5.74) is 2.50. The van der Waals surface area contributed by atoms with Gasteiger partial charge in [0.15, 0.2) is 0 Å². The molecule has 21 heavy (non-hydrogen) atoms. The number of fused-ring (bicyclic) bond motifs is 1. The number of rotatable bonds is 3. The lowest BCUT2D eigenvalue weighted by molar-refractivity contribution is 0.335. The van der Waals surface area contributed by atoms with Gasteiger partial charge < -0.3 is 0 Å². The van der Waals surface area contributed by atoms with Crippen LogP contribution in [0.4, 0.5) is 4.39 Å². The van der Waals surface area contributed by atoms with E-state index in [0.717, 1.165) is 26.4 Å². The van der Waals surface area contributed by atoms with Gasteiger partial charge in [-0.15, -0.1) is 0 Å². The lowest BCUT2D eigenvalue weighted by Gasteiger charge is -2.14. The lowest BCUT2D eigenvalue weighted by Crippen LogP contribution is -1.95. The number of nitrogens with zero attached hydrogens (tertiary/aromatic N) is 3. The van der Waals surface area contributed by atoms with Gasteiger partial charge >= 0.3 is 0 Å². The Labute approximate surface area is 130 Å². The van der Waals surface area contributed by atoms with E-state index in [-0.39, 0.29) is 0 Å². The predicted molar refractivity (Wildman–Crippen MR) is 85.8 cm³/mol. The highest BCUT2D eigenvalue weighted by molar-refractivity contribution is 9.10. The van der Waals surface area contributed by atoms with Crippen LogP contribution in [0.5, 0.6) is 0 Å². The number of halogens is 2. The van der Waals surface area contributed by atoms with Crippen molar-refractivity contribution in [2.45, 2.75) is 19.5 Å². The quantitative estimate of drug-likeness (QED) is 0.680. The van der Waals surface area contributed by atoms with E-state index in [4.69, 9.17) is 0 Å². The van der Waals surface area contributed by atoms with Gasteiger partial charge in [-0.3, -0.25) is 9.67 Å². The first-order valence-corrected chi connectivity index (χ1v) is 7.59. The Morgan fingerprint density at radius 3 is 2.76 bits per heavy atom. The predicted octanol–water partition coefficient (Wildman–Crippen LogP) is 4.82. The molecular weight excluding hydrogens is 333 g/mol. The van der Waals surface area contributed by atoms with E-state index in [0.29, 0.717) is 12.0 Å². The molecule has 0 aliphatic heterocycles. The van der Waals surface area contributed by atoms with Crippen molar-refractivity contribution in [1.82, 2.24) is 14.8 Å². The average molecular weight is 348 g/mol. The van der Waals surface area contributed by atoms with Crippen molar-refractivity contribution in [3.8, 4) is 11.1 Å². The molecular formula is C16H15BrFN3. The largest absolute Gasteiger partial charge is 0.275 e. The van der Waals surface area contributed by atoms with E-state index in [2.05, 4.69) is 26.0 Å². The molecule has 1 aromatic carbocycles. The Bertz CT molecular complexity index is 797. The third kappa shape index (κ3) is 2.58. The van der Waals surface area contributed by atoms with Crippen molar-refractivity contribution in [3.05, 3.63) is 47.0 Å². The van der Waals surface area contributed by atoms with E-state index >= 15 is 0 Å². The van der Waals surface area contributed by atoms with Crippen LogP contribution in [0.1, 0.15) is 25.1 Å². The van der Waals surface area contributed by atoms with Crippen molar-refractivity contribution < 1.29 is 4.39 Å². The number of alkyl halides is 1. The van der Waals surface area contributed by atoms with Crippen LogP contribution in [0.15, 0.2) is 41.4 Å². The van der Waals surface area contributed by atoms with Gasteiger partial charge in [-0.2, -0.15) is 5.10 Å². The zero-order chi connectivity index (χ0) is 15.0. The van der Waals surface area contributed by atoms with Gasteiger partial charge in [0, 0.05) is 41.1 Å². The number of aryl methyl sites for hydroxylation is 1. The van der Waals surface area contributed by atoms with Crippen LogP contribution in [0.25, 0.3) is 21.9 Å². The fourth-order valence-electron chi connectivity index (χ4n) is 2.49. The number of hydrogen-bond donors (Lipinski definition) is 0. The SMILES string of the molecule is CCC(F)c1cc2c(Br)cncc2cc1-c1cnn(C)c1. The molecule has 0 radical (unpaired) electrons. The second-order valence-corrected chi connectivity index (χ2v) is 5.91. The van der Waals surface area contributed by atoms with Crippen molar-refractivity contribution >= 4 is 26.7 Å². The van der Waals surface area contributed by atoms with Gasteiger partial charge in [-0.1, -0.05) is 6.92 Å². The maximum Gasteiger partial charge on any atom is 0.125 e. The monoisotopic (exact) mass is 347 g/mol. The molecule has 1 unspecified atom stereocenters. The Hall–Kier alpha value is -1.75. The highest BCUT2D eigenvalue weighted by Gasteiger charge is 2.17. The number of pyridine rings is 1. The summed E-state index contributed by atoms with van der Waals surface area (Å²) in [7, 11) is 1.86. The molecule has 0 N–H and O–H groups in total. The topological polar surface area (TPSA) is 30.7 Å². The van der Waals surface area contributed by atoms with E-state index in [1.165, 1.54) is 0 Å². The van der Waals surface area contributed by atoms with Crippen LogP contribution in [0, 0.1) is 0 Å². The maximum atomic E-state index is 14.4. The van der Waals surface area contributed by atoms with Gasteiger partial charge in [-0.05, 0) is 51.0 Å². The molecule has 0 amide bonds. The minimum atomic E-state index is -0.996. The summed E-state index contributed by atoms with van der Waals surface area (Å²) in [6, 6.07) is 3.90. The van der Waals surface area contributed by atoms with Crippen molar-refractivity contribution in [2.75, 3.05) is 0 Å². The van der Waals surface area contributed by atoms with E-state index in [1.54, 1.807) is 23.3 Å². The molecule has 5 heteroatoms. The summed E-state index contributed by atoms with van der Waals surface area (Å²) in [6.07, 6.45) is 6.64. The molecule has 0 fully saturated rings. The van der Waals surface area contributed by atoms with Crippen LogP contribution >= 0.6 is 15.9 Å². The van der Waals surface area contributed by atoms with Crippen molar-refractivity contribution in [2.24, 2.45) is 7.05 Å². The molecule has 2 aromatic heterocycles. The molecule has 0 saturated carbocycles. The first kappa shape index (κ1) is 14.2. The molecule has 3 nitrogen and oxygen atoms in total. The molecule has 0 bridgehead atoms. The summed E-state index contributed by atoms with van der Waals surface area (Å²) in [5, 5.41) is 6.14. The molecule has 108 valence electrons. The number of aromatic nitrogens is 3. The van der Waals surface area contributed by atoms with Crippen molar-refractivity contribution in [1.29, 1.82) is 0 Å². The van der Waals surface area contributed by atoms with E-state index < -0.39 is 6.17 Å². The molecule has 0 spiro atoms. The molecule has 1 atom stereocenters. The molecule has 3 rings (SSSR count). The maximum absolute atomic E-state index is 14.4. The van der Waals surface area contributed by atoms with Gasteiger partial charge in [0.25, 0.3) is 0 Å². The molecule has 0 saturated heterocycles. The summed E-state index contributed by atoms with van der Waals surface area (Å²) in [4.78, 5) is 4.19. The highest BCUT2D eigenvalue weighted by atomic mass is 79.9. The normalized spacial score (nSPS) is 12.8. The van der Waals surface area contributed by atoms with Crippen LogP contribution in [0.3, 0.4) is 0 Å². The molecule has 3 aromatic rings. The molecule has 2 heterocycles. The third-order valence-electron chi connectivity index (χ3n) is 3.59. The first-order chi connectivity index (χ1) is 10.1. The fraction of sp³-hybridized carbons (Fsp3) is 0.250. The van der Waals surface area contributed by atoms with Crippen LogP contribution in [-0.4, -0.2) is 14.8 Å². The second-order valence-electron chi connectivity index (χ2n) is 5.06. The van der Waals surface area contributed by atoms with E-state index in [1.807, 2.05) is 32.3 Å². The van der Waals surface area contributed by atoms with Gasteiger partial charge in [0.1, 0.15) is 6.17 Å². The van der Waals surface area contributed by atoms with Crippen LogP contribution in [0.2, 0.25) is 0 Å². The highest BCUT2D eigenvalue weighted by Crippen LogP contribution is 2.36. The van der Waals surface area contributed by atoms with Crippen LogP contribution in [-0.2, 0) is 7.05 Å². The standard InChI is InChI=1S/C16H15BrFN3/c1-3-16(18)14-5-13-10(6-19-8-15(13)17)4-12(14)11-7-20-21(2)9-11/h4-9,16H,3H2,1-2H3. The third-order valence-corrected chi connectivity index (χ3v) is 4.22. The first-order valence-electron chi connectivity index (χ1n) is 6.80. The second kappa shape index (κ2) is 5.56. The molecule has 0 aliphatic carbocycles.